The SMILES string of the molecule is CCOc1cc(C(C)C(=O)[C@@H](N)c2ccccc2)ccc1CCc1ccc(F)c(C#CC(F)(F)F)c1. The maximum atomic E-state index is 13.9. The predicted molar refractivity (Wildman–Crippen MR) is 131 cm³/mol. The Morgan fingerprint density at radius 2 is 1.72 bits per heavy atom. The van der Waals surface area contributed by atoms with Crippen molar-refractivity contribution in [3.8, 4) is 17.6 Å². The van der Waals surface area contributed by atoms with Crippen LogP contribution in [0.1, 0.15) is 53.6 Å². The molecule has 3 aromatic rings. The number of halogens is 4. The van der Waals surface area contributed by atoms with Gasteiger partial charge in [-0.2, -0.15) is 13.2 Å². The van der Waals surface area contributed by atoms with Crippen LogP contribution in [0.5, 0.6) is 5.75 Å². The molecule has 0 bridgehead atoms. The molecule has 2 atom stereocenters. The largest absolute Gasteiger partial charge is 0.494 e. The van der Waals surface area contributed by atoms with E-state index in [0.29, 0.717) is 30.8 Å². The Kier molecular flexibility index (Phi) is 8.89. The summed E-state index contributed by atoms with van der Waals surface area (Å²) in [5.74, 6) is 2.20. The first-order valence-corrected chi connectivity index (χ1v) is 11.6. The van der Waals surface area contributed by atoms with Gasteiger partial charge in [-0.05, 0) is 60.2 Å². The molecule has 0 aromatic heterocycles. The Balaban J connectivity index is 1.77. The molecule has 3 rings (SSSR count). The lowest BCUT2D eigenvalue weighted by atomic mass is 9.88. The first-order valence-electron chi connectivity index (χ1n) is 11.6. The predicted octanol–water partition coefficient (Wildman–Crippen LogP) is 6.30. The van der Waals surface area contributed by atoms with Gasteiger partial charge in [-0.1, -0.05) is 61.4 Å². The molecule has 0 aliphatic carbocycles. The molecule has 0 saturated heterocycles. The van der Waals surface area contributed by atoms with E-state index in [2.05, 4.69) is 0 Å². The van der Waals surface area contributed by atoms with E-state index < -0.39 is 24.0 Å². The first-order chi connectivity index (χ1) is 17.1. The Hall–Kier alpha value is -3.63. The summed E-state index contributed by atoms with van der Waals surface area (Å²) < 4.78 is 56.9. The number of aryl methyl sites for hydroxylation is 2. The van der Waals surface area contributed by atoms with Crippen molar-refractivity contribution in [3.63, 3.8) is 0 Å². The average Bonchev–Trinajstić information content (AvgIpc) is 2.86. The lowest BCUT2D eigenvalue weighted by Gasteiger charge is -2.19. The highest BCUT2D eigenvalue weighted by Gasteiger charge is 2.24. The van der Waals surface area contributed by atoms with Gasteiger partial charge in [0.15, 0.2) is 5.78 Å². The number of rotatable bonds is 9. The molecule has 0 heterocycles. The van der Waals surface area contributed by atoms with Gasteiger partial charge < -0.3 is 10.5 Å². The summed E-state index contributed by atoms with van der Waals surface area (Å²) in [5, 5.41) is 0. The minimum absolute atomic E-state index is 0.116. The second kappa shape index (κ2) is 11.9. The smallest absolute Gasteiger partial charge is 0.458 e. The third kappa shape index (κ3) is 7.19. The molecule has 188 valence electrons. The van der Waals surface area contributed by atoms with Gasteiger partial charge in [-0.15, -0.1) is 0 Å². The van der Waals surface area contributed by atoms with Crippen LogP contribution < -0.4 is 10.5 Å². The molecule has 0 radical (unpaired) electrons. The number of ketones is 1. The highest BCUT2D eigenvalue weighted by Crippen LogP contribution is 2.29. The van der Waals surface area contributed by atoms with Crippen LogP contribution in [0.4, 0.5) is 17.6 Å². The highest BCUT2D eigenvalue weighted by molar-refractivity contribution is 5.91. The fraction of sp³-hybridized carbons (Fsp3) is 0.276. The highest BCUT2D eigenvalue weighted by atomic mass is 19.4. The van der Waals surface area contributed by atoms with Crippen LogP contribution in [0.3, 0.4) is 0 Å². The minimum Gasteiger partial charge on any atom is -0.494 e. The third-order valence-electron chi connectivity index (χ3n) is 5.84. The molecule has 0 spiro atoms. The van der Waals surface area contributed by atoms with Gasteiger partial charge in [0.05, 0.1) is 18.2 Å². The quantitative estimate of drug-likeness (QED) is 0.279. The molecule has 3 aromatic carbocycles. The molecule has 0 saturated carbocycles. The molecule has 0 aliphatic rings. The van der Waals surface area contributed by atoms with Crippen molar-refractivity contribution in [1.29, 1.82) is 0 Å². The van der Waals surface area contributed by atoms with Gasteiger partial charge in [0.2, 0.25) is 0 Å². The standard InChI is InChI=1S/C29H27F4NO2/c1-3-36-26-18-23(19(2)28(35)27(34)22-7-5-4-6-8-22)13-12-21(26)11-9-20-10-14-25(30)24(17-20)15-16-29(31,32)33/h4-8,10,12-14,17-19,27H,3,9,11,34H2,1-2H3/t19?,27-/m0/s1. The van der Waals surface area contributed by atoms with Crippen LogP contribution in [0.25, 0.3) is 0 Å². The van der Waals surface area contributed by atoms with E-state index in [0.717, 1.165) is 28.7 Å². The molecule has 7 heteroatoms. The fourth-order valence-corrected chi connectivity index (χ4v) is 3.84. The number of hydrogen-bond donors (Lipinski definition) is 1. The monoisotopic (exact) mass is 497 g/mol. The summed E-state index contributed by atoms with van der Waals surface area (Å²) in [5.41, 5.74) is 8.93. The van der Waals surface area contributed by atoms with Gasteiger partial charge in [0.25, 0.3) is 0 Å². The van der Waals surface area contributed by atoms with Crippen molar-refractivity contribution in [3.05, 3.63) is 100 Å². The Bertz CT molecular complexity index is 1260. The van der Waals surface area contributed by atoms with Crippen molar-refractivity contribution in [2.45, 2.75) is 44.8 Å². The van der Waals surface area contributed by atoms with Crippen molar-refractivity contribution in [2.24, 2.45) is 5.73 Å². The average molecular weight is 498 g/mol. The van der Waals surface area contributed by atoms with Crippen LogP contribution in [0, 0.1) is 17.7 Å². The van der Waals surface area contributed by atoms with E-state index in [4.69, 9.17) is 10.5 Å². The maximum absolute atomic E-state index is 13.9. The second-order valence-electron chi connectivity index (χ2n) is 8.37. The summed E-state index contributed by atoms with van der Waals surface area (Å²) in [6.07, 6.45) is -3.76. The van der Waals surface area contributed by atoms with Gasteiger partial charge in [-0.3, -0.25) is 4.79 Å². The Labute approximate surface area is 208 Å². The van der Waals surface area contributed by atoms with Crippen LogP contribution in [-0.4, -0.2) is 18.6 Å². The molecule has 1 unspecified atom stereocenters. The summed E-state index contributed by atoms with van der Waals surface area (Å²) in [6.45, 7) is 4.07. The molecule has 0 aliphatic heterocycles. The molecular formula is C29H27F4NO2. The third-order valence-corrected chi connectivity index (χ3v) is 5.84. The number of nitrogens with two attached hydrogens (primary N) is 1. The molecule has 3 nitrogen and oxygen atoms in total. The first kappa shape index (κ1) is 27.0. The summed E-state index contributed by atoms with van der Waals surface area (Å²) in [7, 11) is 0. The number of ether oxygens (including phenoxy) is 1. The van der Waals surface area contributed by atoms with E-state index in [1.165, 1.54) is 12.1 Å². The minimum atomic E-state index is -4.69. The van der Waals surface area contributed by atoms with Crippen LogP contribution in [0.15, 0.2) is 66.7 Å². The van der Waals surface area contributed by atoms with Crippen molar-refractivity contribution in [2.75, 3.05) is 6.61 Å². The van der Waals surface area contributed by atoms with Crippen molar-refractivity contribution in [1.82, 2.24) is 0 Å². The lowest BCUT2D eigenvalue weighted by molar-refractivity contribution is -0.121. The van der Waals surface area contributed by atoms with Crippen LogP contribution >= 0.6 is 0 Å². The zero-order chi connectivity index (χ0) is 26.3. The van der Waals surface area contributed by atoms with E-state index in [1.54, 1.807) is 6.92 Å². The molecule has 0 amide bonds. The zero-order valence-corrected chi connectivity index (χ0v) is 20.0. The second-order valence-corrected chi connectivity index (χ2v) is 8.37. The maximum Gasteiger partial charge on any atom is 0.458 e. The van der Waals surface area contributed by atoms with E-state index in [-0.39, 0.29) is 11.3 Å². The van der Waals surface area contributed by atoms with Gasteiger partial charge in [0.1, 0.15) is 11.6 Å². The van der Waals surface area contributed by atoms with Gasteiger partial charge in [-0.25, -0.2) is 4.39 Å². The molecule has 0 fully saturated rings. The van der Waals surface area contributed by atoms with Gasteiger partial charge in [0, 0.05) is 11.8 Å². The summed E-state index contributed by atoms with van der Waals surface area (Å²) >= 11 is 0. The summed E-state index contributed by atoms with van der Waals surface area (Å²) in [6, 6.07) is 17.9. The lowest BCUT2D eigenvalue weighted by Crippen LogP contribution is -2.25. The number of carbonyl (C=O) groups is 1. The van der Waals surface area contributed by atoms with E-state index in [9.17, 15) is 22.4 Å². The van der Waals surface area contributed by atoms with Gasteiger partial charge >= 0.3 is 6.18 Å². The van der Waals surface area contributed by atoms with E-state index in [1.807, 2.05) is 61.4 Å². The number of alkyl halides is 3. The molecule has 2 N–H and O–H groups in total. The topological polar surface area (TPSA) is 52.3 Å². The normalized spacial score (nSPS) is 12.9. The number of carbonyl (C=O) groups excluding carboxylic acids is 1. The molecule has 36 heavy (non-hydrogen) atoms. The zero-order valence-electron chi connectivity index (χ0n) is 20.0. The molecular weight excluding hydrogens is 470 g/mol. The fourth-order valence-electron chi connectivity index (χ4n) is 3.84. The van der Waals surface area contributed by atoms with Crippen molar-refractivity contribution >= 4 is 5.78 Å². The Morgan fingerprint density at radius 1 is 1.00 bits per heavy atom. The van der Waals surface area contributed by atoms with Crippen LogP contribution in [0.2, 0.25) is 0 Å². The Morgan fingerprint density at radius 3 is 2.39 bits per heavy atom. The number of Topliss-reactive ketones (excluding diaryl/α,β-unsaturated/α-hetero) is 1. The van der Waals surface area contributed by atoms with E-state index >= 15 is 0 Å². The van der Waals surface area contributed by atoms with Crippen LogP contribution in [-0.2, 0) is 17.6 Å². The number of benzene rings is 3. The number of hydrogen-bond acceptors (Lipinski definition) is 3. The van der Waals surface area contributed by atoms with Crippen molar-refractivity contribution < 1.29 is 27.1 Å². The summed E-state index contributed by atoms with van der Waals surface area (Å²) in [4.78, 5) is 13.0.